The maximum absolute atomic E-state index is 12.0. The second-order valence-electron chi connectivity index (χ2n) is 4.73. The van der Waals surface area contributed by atoms with E-state index in [2.05, 4.69) is 21.2 Å². The standard InChI is InChI=1S/C12H17BrN2O3S/c1-7(2)8(3)15-12(16)9-4-10(13)6-11(5-9)19(14,17)18/h4-8H,1-3H3,(H,15,16)(H2,14,17,18). The van der Waals surface area contributed by atoms with Gasteiger partial charge in [-0.3, -0.25) is 4.79 Å². The minimum atomic E-state index is -3.84. The van der Waals surface area contributed by atoms with Crippen LogP contribution in [0.25, 0.3) is 0 Å². The van der Waals surface area contributed by atoms with E-state index in [4.69, 9.17) is 5.14 Å². The van der Waals surface area contributed by atoms with Gasteiger partial charge in [-0.05, 0) is 31.0 Å². The molecule has 5 nitrogen and oxygen atoms in total. The normalized spacial score (nSPS) is 13.4. The second kappa shape index (κ2) is 6.02. The Labute approximate surface area is 121 Å². The van der Waals surface area contributed by atoms with Crippen LogP contribution in [-0.4, -0.2) is 20.4 Å². The Morgan fingerprint density at radius 1 is 1.26 bits per heavy atom. The Morgan fingerprint density at radius 3 is 2.32 bits per heavy atom. The lowest BCUT2D eigenvalue weighted by molar-refractivity contribution is 0.0930. The van der Waals surface area contributed by atoms with Gasteiger partial charge in [0.25, 0.3) is 5.91 Å². The molecule has 0 aliphatic carbocycles. The zero-order valence-corrected chi connectivity index (χ0v) is 13.4. The summed E-state index contributed by atoms with van der Waals surface area (Å²) in [6.07, 6.45) is 0. The minimum absolute atomic E-state index is 0.00980. The number of hydrogen-bond donors (Lipinski definition) is 2. The SMILES string of the molecule is CC(C)C(C)NC(=O)c1cc(Br)cc(S(N)(=O)=O)c1. The van der Waals surface area contributed by atoms with Crippen LogP contribution in [0.15, 0.2) is 27.6 Å². The van der Waals surface area contributed by atoms with Crippen molar-refractivity contribution in [3.05, 3.63) is 28.2 Å². The smallest absolute Gasteiger partial charge is 0.251 e. The fourth-order valence-corrected chi connectivity index (χ4v) is 2.54. The van der Waals surface area contributed by atoms with Crippen molar-refractivity contribution in [3.63, 3.8) is 0 Å². The Balaban J connectivity index is 3.08. The summed E-state index contributed by atoms with van der Waals surface area (Å²) in [5.41, 5.74) is 0.255. The fourth-order valence-electron chi connectivity index (χ4n) is 1.31. The maximum atomic E-state index is 12.0. The highest BCUT2D eigenvalue weighted by molar-refractivity contribution is 9.10. The summed E-state index contributed by atoms with van der Waals surface area (Å²) in [6, 6.07) is 4.17. The van der Waals surface area contributed by atoms with Crippen LogP contribution in [0.2, 0.25) is 0 Å². The largest absolute Gasteiger partial charge is 0.349 e. The van der Waals surface area contributed by atoms with E-state index in [1.165, 1.54) is 12.1 Å². The second-order valence-corrected chi connectivity index (χ2v) is 7.20. The topological polar surface area (TPSA) is 89.3 Å². The molecular weight excluding hydrogens is 332 g/mol. The van der Waals surface area contributed by atoms with E-state index >= 15 is 0 Å². The van der Waals surface area contributed by atoms with Crippen LogP contribution in [0.1, 0.15) is 31.1 Å². The third kappa shape index (κ3) is 4.59. The van der Waals surface area contributed by atoms with E-state index in [1.54, 1.807) is 6.07 Å². The Kier molecular flexibility index (Phi) is 5.11. The summed E-state index contributed by atoms with van der Waals surface area (Å²) < 4.78 is 23.1. The Bertz CT molecular complexity index is 585. The number of benzene rings is 1. The number of rotatable bonds is 4. The van der Waals surface area contributed by atoms with Crippen LogP contribution in [-0.2, 0) is 10.0 Å². The van der Waals surface area contributed by atoms with Gasteiger partial charge >= 0.3 is 0 Å². The molecule has 0 aliphatic rings. The van der Waals surface area contributed by atoms with Gasteiger partial charge in [-0.25, -0.2) is 13.6 Å². The molecule has 1 aromatic rings. The highest BCUT2D eigenvalue weighted by Gasteiger charge is 2.16. The van der Waals surface area contributed by atoms with Gasteiger partial charge in [-0.2, -0.15) is 0 Å². The van der Waals surface area contributed by atoms with Gasteiger partial charge in [0.15, 0.2) is 0 Å². The first kappa shape index (κ1) is 16.1. The summed E-state index contributed by atoms with van der Waals surface area (Å²) in [5.74, 6) is -0.0405. The molecular formula is C12H17BrN2O3S. The van der Waals surface area contributed by atoms with Gasteiger partial charge in [0.1, 0.15) is 0 Å². The van der Waals surface area contributed by atoms with Crippen molar-refractivity contribution in [2.75, 3.05) is 0 Å². The number of hydrogen-bond acceptors (Lipinski definition) is 3. The number of primary sulfonamides is 1. The monoisotopic (exact) mass is 348 g/mol. The van der Waals surface area contributed by atoms with Crippen molar-refractivity contribution >= 4 is 31.9 Å². The molecule has 1 aromatic carbocycles. The first-order chi connectivity index (χ1) is 8.61. The zero-order chi connectivity index (χ0) is 14.8. The van der Waals surface area contributed by atoms with Crippen molar-refractivity contribution in [3.8, 4) is 0 Å². The number of amides is 1. The van der Waals surface area contributed by atoms with E-state index in [0.29, 0.717) is 4.47 Å². The maximum Gasteiger partial charge on any atom is 0.251 e. The van der Waals surface area contributed by atoms with Crippen LogP contribution in [0.5, 0.6) is 0 Å². The van der Waals surface area contributed by atoms with Crippen molar-refractivity contribution < 1.29 is 13.2 Å². The predicted octanol–water partition coefficient (Wildman–Crippen LogP) is 1.87. The molecule has 0 heterocycles. The predicted molar refractivity (Wildman–Crippen MR) is 77.3 cm³/mol. The third-order valence-electron chi connectivity index (χ3n) is 2.82. The van der Waals surface area contributed by atoms with Crippen LogP contribution in [0, 0.1) is 5.92 Å². The van der Waals surface area contributed by atoms with Gasteiger partial charge in [-0.15, -0.1) is 0 Å². The molecule has 3 N–H and O–H groups in total. The zero-order valence-electron chi connectivity index (χ0n) is 11.0. The summed E-state index contributed by atoms with van der Waals surface area (Å²) in [5, 5.41) is 7.87. The highest BCUT2D eigenvalue weighted by Crippen LogP contribution is 2.19. The molecule has 1 unspecified atom stereocenters. The number of halogens is 1. The lowest BCUT2D eigenvalue weighted by atomic mass is 10.1. The van der Waals surface area contributed by atoms with Crippen molar-refractivity contribution in [1.82, 2.24) is 5.32 Å². The lowest BCUT2D eigenvalue weighted by Crippen LogP contribution is -2.36. The molecule has 106 valence electrons. The first-order valence-corrected chi connectivity index (χ1v) is 8.09. The van der Waals surface area contributed by atoms with Crippen molar-refractivity contribution in [2.24, 2.45) is 11.1 Å². The van der Waals surface area contributed by atoms with E-state index in [-0.39, 0.29) is 28.3 Å². The van der Waals surface area contributed by atoms with E-state index in [9.17, 15) is 13.2 Å². The molecule has 0 saturated heterocycles. The molecule has 0 aliphatic heterocycles. The van der Waals surface area contributed by atoms with Crippen LogP contribution < -0.4 is 10.5 Å². The van der Waals surface area contributed by atoms with Crippen LogP contribution >= 0.6 is 15.9 Å². The quantitative estimate of drug-likeness (QED) is 0.870. The van der Waals surface area contributed by atoms with E-state index in [0.717, 1.165) is 0 Å². The molecule has 1 atom stereocenters. The lowest BCUT2D eigenvalue weighted by Gasteiger charge is -2.17. The summed E-state index contributed by atoms with van der Waals surface area (Å²) >= 11 is 3.17. The Hall–Kier alpha value is -0.920. The molecule has 19 heavy (non-hydrogen) atoms. The van der Waals surface area contributed by atoms with E-state index in [1.807, 2.05) is 20.8 Å². The summed E-state index contributed by atoms with van der Waals surface area (Å²) in [6.45, 7) is 5.87. The van der Waals surface area contributed by atoms with Gasteiger partial charge in [0.2, 0.25) is 10.0 Å². The third-order valence-corrected chi connectivity index (χ3v) is 4.17. The highest BCUT2D eigenvalue weighted by atomic mass is 79.9. The first-order valence-electron chi connectivity index (χ1n) is 5.75. The molecule has 0 fully saturated rings. The summed E-state index contributed by atoms with van der Waals surface area (Å²) in [7, 11) is -3.84. The summed E-state index contributed by atoms with van der Waals surface area (Å²) in [4.78, 5) is 11.9. The number of carbonyl (C=O) groups excluding carboxylic acids is 1. The number of sulfonamides is 1. The van der Waals surface area contributed by atoms with Crippen LogP contribution in [0.4, 0.5) is 0 Å². The van der Waals surface area contributed by atoms with Crippen molar-refractivity contribution in [2.45, 2.75) is 31.7 Å². The van der Waals surface area contributed by atoms with E-state index < -0.39 is 10.0 Å². The molecule has 0 spiro atoms. The molecule has 0 saturated carbocycles. The molecule has 0 bridgehead atoms. The molecule has 1 amide bonds. The average Bonchev–Trinajstić information content (AvgIpc) is 2.26. The Morgan fingerprint density at radius 2 is 1.84 bits per heavy atom. The van der Waals surface area contributed by atoms with Gasteiger partial charge < -0.3 is 5.32 Å². The van der Waals surface area contributed by atoms with Gasteiger partial charge in [0, 0.05) is 16.1 Å². The number of nitrogens with one attached hydrogen (secondary N) is 1. The molecule has 7 heteroatoms. The van der Waals surface area contributed by atoms with Gasteiger partial charge in [-0.1, -0.05) is 29.8 Å². The molecule has 0 aromatic heterocycles. The molecule has 1 rings (SSSR count). The minimum Gasteiger partial charge on any atom is -0.349 e. The van der Waals surface area contributed by atoms with Crippen molar-refractivity contribution in [1.29, 1.82) is 0 Å². The average molecular weight is 349 g/mol. The van der Waals surface area contributed by atoms with Crippen LogP contribution in [0.3, 0.4) is 0 Å². The fraction of sp³-hybridized carbons (Fsp3) is 0.417. The van der Waals surface area contributed by atoms with Gasteiger partial charge in [0.05, 0.1) is 4.90 Å². The number of carbonyl (C=O) groups is 1. The number of nitrogens with two attached hydrogens (primary N) is 1. The molecule has 0 radical (unpaired) electrons.